The third-order valence-electron chi connectivity index (χ3n) is 6.52. The second kappa shape index (κ2) is 12.5. The Hall–Kier alpha value is -3.20. The van der Waals surface area contributed by atoms with Crippen molar-refractivity contribution in [2.75, 3.05) is 19.6 Å². The van der Waals surface area contributed by atoms with Gasteiger partial charge in [0.1, 0.15) is 5.69 Å². The molecule has 1 aliphatic heterocycles. The highest BCUT2D eigenvalue weighted by atomic mass is 32.1. The van der Waals surface area contributed by atoms with E-state index in [0.717, 1.165) is 36.3 Å². The van der Waals surface area contributed by atoms with Gasteiger partial charge in [-0.1, -0.05) is 42.0 Å². The van der Waals surface area contributed by atoms with Crippen molar-refractivity contribution in [2.45, 2.75) is 57.3 Å². The van der Waals surface area contributed by atoms with Crippen LogP contribution in [0, 0.1) is 0 Å². The van der Waals surface area contributed by atoms with Gasteiger partial charge in [-0.25, -0.2) is 9.78 Å². The van der Waals surface area contributed by atoms with Crippen molar-refractivity contribution in [3.8, 4) is 0 Å². The maximum absolute atomic E-state index is 12.5. The highest BCUT2D eigenvalue weighted by Gasteiger charge is 2.26. The SMILES string of the molecule is O=C(Cc1ccccc1)NNC(=O)c1csc(C2CCN(C(=O)NCCC3=CCCCC3)CC2)n1. The Morgan fingerprint density at radius 2 is 1.86 bits per heavy atom. The first kappa shape index (κ1) is 24.9. The van der Waals surface area contributed by atoms with Gasteiger partial charge in [-0.2, -0.15) is 0 Å². The lowest BCUT2D eigenvalue weighted by Crippen LogP contribution is -2.44. The standard InChI is InChI=1S/C26H33N5O3S/c32-23(17-20-9-5-2-6-10-20)29-30-24(33)22-18-35-25(28-22)21-12-15-31(16-13-21)26(34)27-14-11-19-7-3-1-4-8-19/h2,5-7,9-10,18,21H,1,3-4,8,11-17H2,(H,27,34)(H,29,32)(H,30,33). The van der Waals surface area contributed by atoms with Crippen LogP contribution < -0.4 is 16.2 Å². The molecule has 8 nitrogen and oxygen atoms in total. The number of nitrogens with zero attached hydrogens (tertiary/aromatic N) is 2. The number of likely N-dealkylation sites (tertiary alicyclic amines) is 1. The summed E-state index contributed by atoms with van der Waals surface area (Å²) >= 11 is 1.45. The van der Waals surface area contributed by atoms with Crippen LogP contribution in [0.25, 0.3) is 0 Å². The predicted molar refractivity (Wildman–Crippen MR) is 136 cm³/mol. The molecule has 0 spiro atoms. The zero-order valence-corrected chi connectivity index (χ0v) is 20.7. The maximum Gasteiger partial charge on any atom is 0.317 e. The Bertz CT molecular complexity index is 1040. The van der Waals surface area contributed by atoms with Gasteiger partial charge in [0.15, 0.2) is 0 Å². The molecule has 0 unspecified atom stereocenters. The van der Waals surface area contributed by atoms with Crippen molar-refractivity contribution < 1.29 is 14.4 Å². The van der Waals surface area contributed by atoms with Crippen LogP contribution in [0.2, 0.25) is 0 Å². The fourth-order valence-electron chi connectivity index (χ4n) is 4.50. The summed E-state index contributed by atoms with van der Waals surface area (Å²) in [5.41, 5.74) is 7.52. The van der Waals surface area contributed by atoms with Gasteiger partial charge in [-0.05, 0) is 50.5 Å². The van der Waals surface area contributed by atoms with Gasteiger partial charge < -0.3 is 10.2 Å². The molecule has 2 aliphatic rings. The monoisotopic (exact) mass is 495 g/mol. The first-order chi connectivity index (χ1) is 17.1. The summed E-state index contributed by atoms with van der Waals surface area (Å²) in [4.78, 5) is 43.3. The predicted octanol–water partition coefficient (Wildman–Crippen LogP) is 3.93. The van der Waals surface area contributed by atoms with E-state index in [4.69, 9.17) is 0 Å². The summed E-state index contributed by atoms with van der Waals surface area (Å²) in [6, 6.07) is 9.34. The summed E-state index contributed by atoms with van der Waals surface area (Å²) in [7, 11) is 0. The van der Waals surface area contributed by atoms with E-state index in [1.165, 1.54) is 36.2 Å². The molecule has 35 heavy (non-hydrogen) atoms. The molecule has 9 heteroatoms. The summed E-state index contributed by atoms with van der Waals surface area (Å²) in [6.07, 6.45) is 9.96. The number of nitrogens with one attached hydrogen (secondary N) is 3. The van der Waals surface area contributed by atoms with E-state index >= 15 is 0 Å². The minimum atomic E-state index is -0.432. The number of urea groups is 1. The first-order valence-corrected chi connectivity index (χ1v) is 13.3. The smallest absolute Gasteiger partial charge is 0.317 e. The molecular formula is C26H33N5O3S. The largest absolute Gasteiger partial charge is 0.338 e. The van der Waals surface area contributed by atoms with Gasteiger partial charge in [0.2, 0.25) is 5.91 Å². The number of rotatable bonds is 7. The number of benzene rings is 1. The Balaban J connectivity index is 1.17. The van der Waals surface area contributed by atoms with Gasteiger partial charge in [-0.3, -0.25) is 20.4 Å². The van der Waals surface area contributed by atoms with Crippen molar-refractivity contribution in [1.29, 1.82) is 0 Å². The first-order valence-electron chi connectivity index (χ1n) is 12.4. The molecule has 1 saturated heterocycles. The van der Waals surface area contributed by atoms with E-state index in [0.29, 0.717) is 25.3 Å². The van der Waals surface area contributed by atoms with E-state index in [-0.39, 0.29) is 24.3 Å². The Morgan fingerprint density at radius 3 is 2.60 bits per heavy atom. The van der Waals surface area contributed by atoms with E-state index in [1.54, 1.807) is 5.38 Å². The quantitative estimate of drug-likeness (QED) is 0.400. The number of hydrogen-bond donors (Lipinski definition) is 3. The average molecular weight is 496 g/mol. The molecule has 2 heterocycles. The van der Waals surface area contributed by atoms with E-state index < -0.39 is 5.91 Å². The van der Waals surface area contributed by atoms with E-state index in [2.05, 4.69) is 27.2 Å². The number of carbonyl (C=O) groups is 3. The van der Waals surface area contributed by atoms with E-state index in [9.17, 15) is 14.4 Å². The molecule has 1 fully saturated rings. The number of allylic oxidation sites excluding steroid dienone is 1. The molecule has 0 bridgehead atoms. The van der Waals surface area contributed by atoms with Crippen LogP contribution in [0.1, 0.15) is 71.9 Å². The van der Waals surface area contributed by atoms with Crippen LogP contribution in [-0.2, 0) is 11.2 Å². The number of hydrazine groups is 1. The summed E-state index contributed by atoms with van der Waals surface area (Å²) in [5, 5.41) is 5.67. The molecule has 4 amide bonds. The molecule has 3 N–H and O–H groups in total. The molecule has 1 aromatic heterocycles. The van der Waals surface area contributed by atoms with Crippen LogP contribution >= 0.6 is 11.3 Å². The maximum atomic E-state index is 12.5. The van der Waals surface area contributed by atoms with Crippen molar-refractivity contribution in [2.24, 2.45) is 0 Å². The number of hydrogen-bond acceptors (Lipinski definition) is 5. The van der Waals surface area contributed by atoms with Gasteiger partial charge >= 0.3 is 6.03 Å². The molecule has 1 aliphatic carbocycles. The second-order valence-electron chi connectivity index (χ2n) is 9.09. The highest BCUT2D eigenvalue weighted by molar-refractivity contribution is 7.09. The van der Waals surface area contributed by atoms with Crippen LogP contribution in [0.3, 0.4) is 0 Å². The lowest BCUT2D eigenvalue weighted by Gasteiger charge is -2.31. The molecular weight excluding hydrogens is 462 g/mol. The third kappa shape index (κ3) is 7.39. The third-order valence-corrected chi connectivity index (χ3v) is 7.52. The van der Waals surface area contributed by atoms with Crippen molar-refractivity contribution in [1.82, 2.24) is 26.1 Å². The van der Waals surface area contributed by atoms with Crippen LogP contribution in [-0.4, -0.2) is 47.4 Å². The van der Waals surface area contributed by atoms with Gasteiger partial charge in [-0.15, -0.1) is 11.3 Å². The lowest BCUT2D eigenvalue weighted by molar-refractivity contribution is -0.121. The zero-order chi connectivity index (χ0) is 24.5. The summed E-state index contributed by atoms with van der Waals surface area (Å²) in [6.45, 7) is 2.04. The Morgan fingerprint density at radius 1 is 1.06 bits per heavy atom. The highest BCUT2D eigenvalue weighted by Crippen LogP contribution is 2.30. The zero-order valence-electron chi connectivity index (χ0n) is 19.9. The topological polar surface area (TPSA) is 103 Å². The molecule has 0 saturated carbocycles. The minimum Gasteiger partial charge on any atom is -0.338 e. The minimum absolute atomic E-state index is 0.00492. The average Bonchev–Trinajstić information content (AvgIpc) is 3.39. The van der Waals surface area contributed by atoms with Crippen LogP contribution in [0.4, 0.5) is 4.79 Å². The number of carbonyl (C=O) groups excluding carboxylic acids is 3. The molecule has 0 radical (unpaired) electrons. The molecule has 2 aromatic rings. The van der Waals surface area contributed by atoms with E-state index in [1.807, 2.05) is 35.2 Å². The normalized spacial score (nSPS) is 16.3. The van der Waals surface area contributed by atoms with Gasteiger partial charge in [0, 0.05) is 30.9 Å². The second-order valence-corrected chi connectivity index (χ2v) is 9.98. The fraction of sp³-hybridized carbons (Fsp3) is 0.462. The molecule has 1 aromatic carbocycles. The van der Waals surface area contributed by atoms with Gasteiger partial charge in [0.25, 0.3) is 5.91 Å². The number of thiazole rings is 1. The van der Waals surface area contributed by atoms with Crippen LogP contribution in [0.15, 0.2) is 47.4 Å². The molecule has 186 valence electrons. The molecule has 4 rings (SSSR count). The van der Waals surface area contributed by atoms with Crippen molar-refractivity contribution in [3.05, 3.63) is 63.6 Å². The number of piperidine rings is 1. The Kier molecular flexibility index (Phi) is 8.89. The van der Waals surface area contributed by atoms with Crippen molar-refractivity contribution >= 4 is 29.2 Å². The van der Waals surface area contributed by atoms with Crippen LogP contribution in [0.5, 0.6) is 0 Å². The summed E-state index contributed by atoms with van der Waals surface area (Å²) < 4.78 is 0. The number of amides is 4. The lowest BCUT2D eigenvalue weighted by atomic mass is 9.97. The van der Waals surface area contributed by atoms with Crippen molar-refractivity contribution in [3.63, 3.8) is 0 Å². The fourth-order valence-corrected chi connectivity index (χ4v) is 5.47. The molecule has 0 atom stereocenters. The van der Waals surface area contributed by atoms with Gasteiger partial charge in [0.05, 0.1) is 11.4 Å². The summed E-state index contributed by atoms with van der Waals surface area (Å²) in [5.74, 6) is -0.495. The number of aromatic nitrogens is 1. The Labute approximate surface area is 210 Å².